The van der Waals surface area contributed by atoms with Crippen LogP contribution >= 0.6 is 11.3 Å². The van der Waals surface area contributed by atoms with Crippen molar-refractivity contribution in [3.8, 4) is 11.4 Å². The Kier molecular flexibility index (Phi) is 5.26. The molecule has 0 saturated carbocycles. The standard InChI is InChI=1S/C28H23N3O4S/c1-15-24-25(16-8-10-18(32)11-9-16)26-20(13-17(14-22(26)33)23-7-4-12-36-23)29-27(24)31(30-15)21-6-3-2-5-19(21)28(34)35/h2-12,17,25,29,32H,13-14H2,1H3,(H,34,35)/t17-,25-/m1/s1. The zero-order valence-electron chi connectivity index (χ0n) is 19.4. The van der Waals surface area contributed by atoms with E-state index in [0.717, 1.165) is 22.4 Å². The van der Waals surface area contributed by atoms with Crippen molar-refractivity contribution >= 4 is 28.9 Å². The van der Waals surface area contributed by atoms with Gasteiger partial charge in [-0.1, -0.05) is 30.3 Å². The molecule has 36 heavy (non-hydrogen) atoms. The van der Waals surface area contributed by atoms with Crippen LogP contribution in [0, 0.1) is 6.92 Å². The van der Waals surface area contributed by atoms with E-state index in [1.807, 2.05) is 30.5 Å². The van der Waals surface area contributed by atoms with Crippen LogP contribution in [0.3, 0.4) is 0 Å². The molecular formula is C28H23N3O4S. The number of nitrogens with zero attached hydrogens (tertiary/aromatic N) is 2. The average Bonchev–Trinajstić information content (AvgIpc) is 3.52. The van der Waals surface area contributed by atoms with Crippen molar-refractivity contribution in [2.75, 3.05) is 5.32 Å². The number of carbonyl (C=O) groups excluding carboxylic acids is 1. The predicted molar refractivity (Wildman–Crippen MR) is 137 cm³/mol. The fraction of sp³-hybridized carbons (Fsp3) is 0.179. The molecule has 2 aliphatic rings. The number of aromatic carboxylic acids is 1. The molecule has 2 aromatic carbocycles. The fourth-order valence-electron chi connectivity index (χ4n) is 5.41. The number of hydrogen-bond donors (Lipinski definition) is 3. The van der Waals surface area contributed by atoms with Crippen LogP contribution in [0.15, 0.2) is 77.3 Å². The average molecular weight is 498 g/mol. The third kappa shape index (κ3) is 3.53. The Morgan fingerprint density at radius 1 is 1.08 bits per heavy atom. The second-order valence-corrected chi connectivity index (χ2v) is 10.1. The minimum absolute atomic E-state index is 0.0783. The van der Waals surface area contributed by atoms with Gasteiger partial charge < -0.3 is 15.5 Å². The Bertz CT molecular complexity index is 1530. The normalized spacial score (nSPS) is 19.0. The first kappa shape index (κ1) is 22.3. The monoisotopic (exact) mass is 497 g/mol. The van der Waals surface area contributed by atoms with Gasteiger partial charge in [0.25, 0.3) is 0 Å². The quantitative estimate of drug-likeness (QED) is 0.339. The second-order valence-electron chi connectivity index (χ2n) is 9.17. The van der Waals surface area contributed by atoms with Gasteiger partial charge in [-0.15, -0.1) is 11.3 Å². The Morgan fingerprint density at radius 3 is 2.58 bits per heavy atom. The first-order valence-corrected chi connectivity index (χ1v) is 12.6. The first-order chi connectivity index (χ1) is 17.4. The number of nitrogens with one attached hydrogen (secondary N) is 1. The van der Waals surface area contributed by atoms with Crippen LogP contribution in [-0.2, 0) is 4.79 Å². The molecule has 0 radical (unpaired) electrons. The molecule has 3 N–H and O–H groups in total. The van der Waals surface area contributed by atoms with E-state index in [1.54, 1.807) is 52.4 Å². The second kappa shape index (κ2) is 8.49. The van der Waals surface area contributed by atoms with Crippen LogP contribution in [0.25, 0.3) is 5.69 Å². The predicted octanol–water partition coefficient (Wildman–Crippen LogP) is 5.60. The molecule has 180 valence electrons. The number of carboxylic acids is 1. The third-order valence-corrected chi connectivity index (χ3v) is 8.03. The first-order valence-electron chi connectivity index (χ1n) is 11.7. The van der Waals surface area contributed by atoms with E-state index in [2.05, 4.69) is 11.4 Å². The lowest BCUT2D eigenvalue weighted by atomic mass is 9.73. The van der Waals surface area contributed by atoms with Crippen molar-refractivity contribution in [3.63, 3.8) is 0 Å². The lowest BCUT2D eigenvalue weighted by Crippen LogP contribution is -2.30. The summed E-state index contributed by atoms with van der Waals surface area (Å²) in [5.74, 6) is -0.433. The van der Waals surface area contributed by atoms with Crippen molar-refractivity contribution in [3.05, 3.63) is 105 Å². The van der Waals surface area contributed by atoms with Crippen molar-refractivity contribution in [2.24, 2.45) is 0 Å². The number of aromatic hydroxyl groups is 1. The van der Waals surface area contributed by atoms with Crippen LogP contribution in [0.4, 0.5) is 5.82 Å². The molecule has 2 aromatic heterocycles. The van der Waals surface area contributed by atoms with Gasteiger partial charge in [0.2, 0.25) is 0 Å². The molecule has 2 atom stereocenters. The smallest absolute Gasteiger partial charge is 0.337 e. The molecule has 0 spiro atoms. The molecule has 1 aliphatic heterocycles. The van der Waals surface area contributed by atoms with Crippen molar-refractivity contribution in [1.29, 1.82) is 0 Å². The number of allylic oxidation sites excluding steroid dienone is 2. The van der Waals surface area contributed by atoms with E-state index in [-0.39, 0.29) is 28.9 Å². The zero-order chi connectivity index (χ0) is 25.0. The molecule has 7 nitrogen and oxygen atoms in total. The van der Waals surface area contributed by atoms with Gasteiger partial charge >= 0.3 is 5.97 Å². The fourth-order valence-corrected chi connectivity index (χ4v) is 6.25. The number of rotatable bonds is 4. The number of thiophene rings is 1. The summed E-state index contributed by atoms with van der Waals surface area (Å²) in [6, 6.07) is 17.7. The van der Waals surface area contributed by atoms with Gasteiger partial charge in [-0.25, -0.2) is 9.48 Å². The number of carbonyl (C=O) groups is 2. The maximum absolute atomic E-state index is 13.7. The highest BCUT2D eigenvalue weighted by molar-refractivity contribution is 7.10. The molecule has 4 aromatic rings. The SMILES string of the molecule is Cc1nn(-c2ccccc2C(=O)O)c2c1[C@@H](c1ccc(O)cc1)C1=C(C[C@@H](c3cccs3)CC1=O)N2. The molecule has 0 saturated heterocycles. The number of phenolic OH excluding ortho intramolecular Hbond substituents is 1. The lowest BCUT2D eigenvalue weighted by Gasteiger charge is -2.35. The summed E-state index contributed by atoms with van der Waals surface area (Å²) < 4.78 is 1.64. The zero-order valence-corrected chi connectivity index (χ0v) is 20.2. The summed E-state index contributed by atoms with van der Waals surface area (Å²) in [5, 5.41) is 30.0. The number of aromatic nitrogens is 2. The number of ketones is 1. The molecule has 0 amide bonds. The maximum Gasteiger partial charge on any atom is 0.337 e. The Morgan fingerprint density at radius 2 is 1.86 bits per heavy atom. The van der Waals surface area contributed by atoms with Gasteiger partial charge in [0.05, 0.1) is 16.9 Å². The summed E-state index contributed by atoms with van der Waals surface area (Å²) in [5.41, 5.74) is 4.56. The van der Waals surface area contributed by atoms with Crippen molar-refractivity contribution in [2.45, 2.75) is 31.6 Å². The molecule has 0 unspecified atom stereocenters. The third-order valence-electron chi connectivity index (χ3n) is 7.00. The topological polar surface area (TPSA) is 104 Å². The van der Waals surface area contributed by atoms with Gasteiger partial charge in [0, 0.05) is 40.0 Å². The van der Waals surface area contributed by atoms with E-state index < -0.39 is 5.97 Å². The van der Waals surface area contributed by atoms with Gasteiger partial charge in [0.1, 0.15) is 11.6 Å². The summed E-state index contributed by atoms with van der Waals surface area (Å²) in [7, 11) is 0. The minimum atomic E-state index is -1.04. The van der Waals surface area contributed by atoms with Gasteiger partial charge in [-0.05, 0) is 54.6 Å². The molecule has 6 rings (SSSR count). The number of fused-ring (bicyclic) bond motifs is 1. The highest BCUT2D eigenvalue weighted by Crippen LogP contribution is 2.50. The van der Waals surface area contributed by atoms with Crippen LogP contribution in [0.2, 0.25) is 0 Å². The molecule has 0 fully saturated rings. The van der Waals surface area contributed by atoms with Crippen LogP contribution in [-0.4, -0.2) is 31.7 Å². The molecule has 0 bridgehead atoms. The van der Waals surface area contributed by atoms with Gasteiger partial charge in [0.15, 0.2) is 5.78 Å². The number of Topliss-reactive ketones (excluding diaryl/α,β-unsaturated/α-hetero) is 1. The minimum Gasteiger partial charge on any atom is -0.508 e. The van der Waals surface area contributed by atoms with Gasteiger partial charge in [-0.2, -0.15) is 5.10 Å². The van der Waals surface area contributed by atoms with E-state index in [9.17, 15) is 19.8 Å². The Balaban J connectivity index is 1.56. The summed E-state index contributed by atoms with van der Waals surface area (Å²) in [4.78, 5) is 26.8. The number of hydrogen-bond acceptors (Lipinski definition) is 6. The highest BCUT2D eigenvalue weighted by Gasteiger charge is 2.41. The number of para-hydroxylation sites is 1. The van der Waals surface area contributed by atoms with E-state index in [0.29, 0.717) is 30.0 Å². The summed E-state index contributed by atoms with van der Waals surface area (Å²) in [6.45, 7) is 1.88. The molecule has 3 heterocycles. The number of benzene rings is 2. The Labute approximate surface area is 211 Å². The van der Waals surface area contributed by atoms with Crippen LogP contribution in [0.5, 0.6) is 5.75 Å². The van der Waals surface area contributed by atoms with Crippen LogP contribution < -0.4 is 5.32 Å². The Hall–Kier alpha value is -4.17. The number of carboxylic acid groups (broad SMARTS) is 1. The lowest BCUT2D eigenvalue weighted by molar-refractivity contribution is -0.116. The van der Waals surface area contributed by atoms with Crippen LogP contribution in [0.1, 0.15) is 56.7 Å². The molecule has 1 aliphatic carbocycles. The number of aryl methyl sites for hydroxylation is 1. The summed E-state index contributed by atoms with van der Waals surface area (Å²) >= 11 is 1.65. The van der Waals surface area contributed by atoms with Crippen molar-refractivity contribution in [1.82, 2.24) is 9.78 Å². The molecule has 8 heteroatoms. The van der Waals surface area contributed by atoms with Gasteiger partial charge in [-0.3, -0.25) is 4.79 Å². The van der Waals surface area contributed by atoms with Crippen molar-refractivity contribution < 1.29 is 19.8 Å². The van der Waals surface area contributed by atoms with E-state index >= 15 is 0 Å². The number of phenols is 1. The highest BCUT2D eigenvalue weighted by atomic mass is 32.1. The summed E-state index contributed by atoms with van der Waals surface area (Å²) in [6.07, 6.45) is 1.10. The largest absolute Gasteiger partial charge is 0.508 e. The number of anilines is 1. The maximum atomic E-state index is 13.7. The van der Waals surface area contributed by atoms with E-state index in [1.165, 1.54) is 4.88 Å². The molecular weight excluding hydrogens is 474 g/mol. The van der Waals surface area contributed by atoms with E-state index in [4.69, 9.17) is 5.10 Å².